The minimum absolute atomic E-state index is 0.0554. The van der Waals surface area contributed by atoms with Crippen LogP contribution < -0.4 is 9.04 Å². The van der Waals surface area contributed by atoms with E-state index in [2.05, 4.69) is 0 Å². The fourth-order valence-corrected chi connectivity index (χ4v) is 3.68. The zero-order valence-corrected chi connectivity index (χ0v) is 15.7. The molecule has 8 heteroatoms. The SMILES string of the molecule is COc1ccc(S(=O)(=O)N(CC(=O)N(C)C)c2cccc(Cl)c2)cc1. The van der Waals surface area contributed by atoms with Gasteiger partial charge in [-0.3, -0.25) is 9.10 Å². The van der Waals surface area contributed by atoms with Crippen LogP contribution in [0.25, 0.3) is 0 Å². The van der Waals surface area contributed by atoms with Crippen LogP contribution in [-0.2, 0) is 14.8 Å². The van der Waals surface area contributed by atoms with Gasteiger partial charge in [-0.05, 0) is 42.5 Å². The second-order valence-electron chi connectivity index (χ2n) is 5.46. The fraction of sp³-hybridized carbons (Fsp3) is 0.235. The standard InChI is InChI=1S/C17H19ClN2O4S/c1-19(2)17(21)12-20(14-6-4-5-13(18)11-14)25(22,23)16-9-7-15(24-3)8-10-16/h4-11H,12H2,1-3H3. The number of carbonyl (C=O) groups is 1. The smallest absolute Gasteiger partial charge is 0.264 e. The Balaban J connectivity index is 2.50. The van der Waals surface area contributed by atoms with Crippen molar-refractivity contribution in [1.82, 2.24) is 4.90 Å². The maximum Gasteiger partial charge on any atom is 0.264 e. The molecule has 0 N–H and O–H groups in total. The third-order valence-corrected chi connectivity index (χ3v) is 5.54. The van der Waals surface area contributed by atoms with Gasteiger partial charge in [0.25, 0.3) is 10.0 Å². The van der Waals surface area contributed by atoms with Crippen LogP contribution in [-0.4, -0.2) is 47.0 Å². The highest BCUT2D eigenvalue weighted by Gasteiger charge is 2.28. The summed E-state index contributed by atoms with van der Waals surface area (Å²) in [7, 11) is 0.681. The summed E-state index contributed by atoms with van der Waals surface area (Å²) in [5.41, 5.74) is 0.318. The number of benzene rings is 2. The molecule has 0 saturated heterocycles. The summed E-state index contributed by atoms with van der Waals surface area (Å²) in [4.78, 5) is 13.5. The minimum Gasteiger partial charge on any atom is -0.497 e. The van der Waals surface area contributed by atoms with Gasteiger partial charge < -0.3 is 9.64 Å². The Morgan fingerprint density at radius 1 is 1.12 bits per heavy atom. The van der Waals surface area contributed by atoms with Crippen LogP contribution in [0, 0.1) is 0 Å². The quantitative estimate of drug-likeness (QED) is 0.770. The number of halogens is 1. The van der Waals surface area contributed by atoms with Crippen LogP contribution in [0.3, 0.4) is 0 Å². The first kappa shape index (κ1) is 19.1. The van der Waals surface area contributed by atoms with E-state index in [1.807, 2.05) is 0 Å². The number of hydrogen-bond donors (Lipinski definition) is 0. The second kappa shape index (κ2) is 7.76. The number of hydrogen-bond acceptors (Lipinski definition) is 4. The lowest BCUT2D eigenvalue weighted by Gasteiger charge is -2.25. The first-order chi connectivity index (χ1) is 11.8. The molecule has 0 spiro atoms. The van der Waals surface area contributed by atoms with Crippen LogP contribution in [0.5, 0.6) is 5.75 Å². The minimum atomic E-state index is -3.95. The summed E-state index contributed by atoms with van der Waals surface area (Å²) in [6, 6.07) is 12.3. The Bertz CT molecular complexity index is 851. The first-order valence-electron chi connectivity index (χ1n) is 7.38. The molecule has 6 nitrogen and oxygen atoms in total. The van der Waals surface area contributed by atoms with Gasteiger partial charge in [-0.2, -0.15) is 0 Å². The summed E-state index contributed by atoms with van der Waals surface area (Å²) < 4.78 is 32.2. The van der Waals surface area contributed by atoms with E-state index in [1.54, 1.807) is 44.4 Å². The van der Waals surface area contributed by atoms with E-state index in [9.17, 15) is 13.2 Å². The highest BCUT2D eigenvalue weighted by molar-refractivity contribution is 7.92. The van der Waals surface area contributed by atoms with Crippen molar-refractivity contribution >= 4 is 33.2 Å². The maximum atomic E-state index is 13.1. The van der Waals surface area contributed by atoms with Crippen molar-refractivity contribution in [2.45, 2.75) is 4.90 Å². The van der Waals surface area contributed by atoms with E-state index in [1.165, 1.54) is 30.2 Å². The van der Waals surface area contributed by atoms with Crippen LogP contribution in [0.2, 0.25) is 5.02 Å². The van der Waals surface area contributed by atoms with Gasteiger partial charge in [-0.25, -0.2) is 8.42 Å². The first-order valence-corrected chi connectivity index (χ1v) is 9.20. The molecular weight excluding hydrogens is 364 g/mol. The third kappa shape index (κ3) is 4.43. The number of likely N-dealkylation sites (N-methyl/N-ethyl adjacent to an activating group) is 1. The van der Waals surface area contributed by atoms with E-state index in [0.29, 0.717) is 16.5 Å². The van der Waals surface area contributed by atoms with Gasteiger partial charge in [-0.15, -0.1) is 0 Å². The van der Waals surface area contributed by atoms with E-state index < -0.39 is 10.0 Å². The number of ether oxygens (including phenoxy) is 1. The van der Waals surface area contributed by atoms with Gasteiger partial charge in [0, 0.05) is 19.1 Å². The summed E-state index contributed by atoms with van der Waals surface area (Å²) in [6.07, 6.45) is 0. The zero-order chi connectivity index (χ0) is 18.6. The molecule has 134 valence electrons. The van der Waals surface area contributed by atoms with Crippen molar-refractivity contribution in [3.8, 4) is 5.75 Å². The molecule has 0 heterocycles. The number of carbonyl (C=O) groups excluding carboxylic acids is 1. The van der Waals surface area contributed by atoms with Gasteiger partial charge in [-0.1, -0.05) is 17.7 Å². The molecule has 0 aromatic heterocycles. The predicted molar refractivity (Wildman–Crippen MR) is 97.7 cm³/mol. The molecule has 0 unspecified atom stereocenters. The Labute approximate surface area is 152 Å². The van der Waals surface area contributed by atoms with Gasteiger partial charge in [0.1, 0.15) is 12.3 Å². The molecule has 2 rings (SSSR count). The molecule has 1 amide bonds. The lowest BCUT2D eigenvalue weighted by atomic mass is 10.3. The van der Waals surface area contributed by atoms with Crippen molar-refractivity contribution in [3.63, 3.8) is 0 Å². The number of sulfonamides is 1. The average Bonchev–Trinajstić information content (AvgIpc) is 2.59. The van der Waals surface area contributed by atoms with Crippen molar-refractivity contribution in [1.29, 1.82) is 0 Å². The van der Waals surface area contributed by atoms with E-state index in [0.717, 1.165) is 4.31 Å². The molecule has 2 aromatic rings. The lowest BCUT2D eigenvalue weighted by Crippen LogP contribution is -2.40. The fourth-order valence-electron chi connectivity index (χ4n) is 2.09. The van der Waals surface area contributed by atoms with E-state index in [-0.39, 0.29) is 17.3 Å². The van der Waals surface area contributed by atoms with Gasteiger partial charge in [0.05, 0.1) is 17.7 Å². The normalized spacial score (nSPS) is 11.0. The number of amides is 1. The van der Waals surface area contributed by atoms with Gasteiger partial charge in [0.2, 0.25) is 5.91 Å². The molecular formula is C17H19ClN2O4S. The summed E-state index contributed by atoms with van der Waals surface area (Å²) >= 11 is 5.99. The number of rotatable bonds is 6. The van der Waals surface area contributed by atoms with Crippen molar-refractivity contribution in [2.75, 3.05) is 32.1 Å². The van der Waals surface area contributed by atoms with E-state index >= 15 is 0 Å². The average molecular weight is 383 g/mol. The Morgan fingerprint density at radius 3 is 2.28 bits per heavy atom. The molecule has 0 aliphatic rings. The highest BCUT2D eigenvalue weighted by Crippen LogP contribution is 2.27. The molecule has 0 aliphatic heterocycles. The Morgan fingerprint density at radius 2 is 1.76 bits per heavy atom. The largest absolute Gasteiger partial charge is 0.497 e. The highest BCUT2D eigenvalue weighted by atomic mass is 35.5. The van der Waals surface area contributed by atoms with Crippen LogP contribution in [0.15, 0.2) is 53.4 Å². The molecule has 0 atom stereocenters. The second-order valence-corrected chi connectivity index (χ2v) is 7.75. The molecule has 2 aromatic carbocycles. The Kier molecular flexibility index (Phi) is 5.92. The van der Waals surface area contributed by atoms with Crippen LogP contribution >= 0.6 is 11.6 Å². The third-order valence-electron chi connectivity index (χ3n) is 3.52. The summed E-state index contributed by atoms with van der Waals surface area (Å²) in [6.45, 7) is -0.332. The molecule has 0 fully saturated rings. The molecule has 0 bridgehead atoms. The lowest BCUT2D eigenvalue weighted by molar-refractivity contribution is -0.127. The number of nitrogens with zero attached hydrogens (tertiary/aromatic N) is 2. The molecule has 0 radical (unpaired) electrons. The van der Waals surface area contributed by atoms with Gasteiger partial charge >= 0.3 is 0 Å². The van der Waals surface area contributed by atoms with Gasteiger partial charge in [0.15, 0.2) is 0 Å². The summed E-state index contributed by atoms with van der Waals surface area (Å²) in [5, 5.41) is 0.379. The van der Waals surface area contributed by atoms with Crippen LogP contribution in [0.4, 0.5) is 5.69 Å². The zero-order valence-electron chi connectivity index (χ0n) is 14.1. The van der Waals surface area contributed by atoms with Crippen molar-refractivity contribution in [2.24, 2.45) is 0 Å². The Hall–Kier alpha value is -2.25. The summed E-state index contributed by atoms with van der Waals surface area (Å²) in [5.74, 6) is 0.190. The number of anilines is 1. The van der Waals surface area contributed by atoms with Crippen LogP contribution in [0.1, 0.15) is 0 Å². The topological polar surface area (TPSA) is 66.9 Å². The van der Waals surface area contributed by atoms with Crippen molar-refractivity contribution in [3.05, 3.63) is 53.6 Å². The predicted octanol–water partition coefficient (Wildman–Crippen LogP) is 2.63. The molecule has 0 aliphatic carbocycles. The molecule has 0 saturated carbocycles. The van der Waals surface area contributed by atoms with Crippen molar-refractivity contribution < 1.29 is 17.9 Å². The monoisotopic (exact) mass is 382 g/mol. The van der Waals surface area contributed by atoms with E-state index in [4.69, 9.17) is 16.3 Å². The maximum absolute atomic E-state index is 13.1. The number of methoxy groups -OCH3 is 1. The molecule has 25 heavy (non-hydrogen) atoms.